The van der Waals surface area contributed by atoms with Gasteiger partial charge in [0, 0.05) is 22.7 Å². The topological polar surface area (TPSA) is 47.3 Å². The van der Waals surface area contributed by atoms with Gasteiger partial charge in [-0.25, -0.2) is 22.5 Å². The number of nitrogens with one attached hydrogen (secondary N) is 1. The maximum atomic E-state index is 15.6. The number of halogens is 5. The first-order chi connectivity index (χ1) is 14.4. The molecule has 1 aromatic heterocycles. The molecular formula is C21H17ClF4N2O2S. The van der Waals surface area contributed by atoms with E-state index in [1.54, 1.807) is 12.1 Å². The third-order valence-electron chi connectivity index (χ3n) is 5.51. The fraction of sp³-hybridized carbons (Fsp3) is 0.333. The van der Waals surface area contributed by atoms with Gasteiger partial charge in [-0.1, -0.05) is 23.8 Å². The lowest BCUT2D eigenvalue weighted by molar-refractivity contribution is -0.216. The number of thiocarbonyl (C=S) groups is 1. The lowest BCUT2D eigenvalue weighted by atomic mass is 9.77. The monoisotopic (exact) mass is 472 g/mol. The Morgan fingerprint density at radius 3 is 2.52 bits per heavy atom. The van der Waals surface area contributed by atoms with Crippen LogP contribution in [0.3, 0.4) is 0 Å². The quantitative estimate of drug-likeness (QED) is 0.366. The zero-order chi connectivity index (χ0) is 22.8. The molecule has 2 aromatic carbocycles. The van der Waals surface area contributed by atoms with E-state index in [4.69, 9.17) is 33.0 Å². The highest BCUT2D eigenvalue weighted by Crippen LogP contribution is 2.49. The van der Waals surface area contributed by atoms with E-state index in [9.17, 15) is 8.78 Å². The molecule has 0 spiro atoms. The van der Waals surface area contributed by atoms with Crippen LogP contribution in [-0.2, 0) is 10.3 Å². The van der Waals surface area contributed by atoms with E-state index in [0.717, 1.165) is 13.0 Å². The number of nitrogens with zero attached hydrogens (tertiary/aromatic N) is 1. The van der Waals surface area contributed by atoms with Crippen molar-refractivity contribution >= 4 is 39.9 Å². The largest absolute Gasteiger partial charge is 0.436 e. The van der Waals surface area contributed by atoms with E-state index < -0.39 is 34.3 Å². The Kier molecular flexibility index (Phi) is 5.07. The smallest absolute Gasteiger partial charge is 0.302 e. The molecule has 164 valence electrons. The van der Waals surface area contributed by atoms with Gasteiger partial charge in [0.1, 0.15) is 33.3 Å². The summed E-state index contributed by atoms with van der Waals surface area (Å²) in [7, 11) is 0. The second kappa shape index (κ2) is 7.15. The minimum Gasteiger partial charge on any atom is -0.436 e. The van der Waals surface area contributed by atoms with Crippen LogP contribution in [0.1, 0.15) is 26.3 Å². The Bertz CT molecular complexity index is 1210. The molecule has 0 radical (unpaired) electrons. The van der Waals surface area contributed by atoms with Crippen molar-refractivity contribution in [1.29, 1.82) is 0 Å². The molecule has 1 atom stereocenters. The molecule has 3 aromatic rings. The first-order valence-electron chi connectivity index (χ1n) is 9.24. The Balaban J connectivity index is 1.93. The Hall–Kier alpha value is -2.23. The highest BCUT2D eigenvalue weighted by Gasteiger charge is 2.64. The fourth-order valence-electron chi connectivity index (χ4n) is 3.68. The average Bonchev–Trinajstić information content (AvgIpc) is 3.06. The number of rotatable bonds is 2. The molecule has 1 aliphatic rings. The molecular weight excluding hydrogens is 456 g/mol. The van der Waals surface area contributed by atoms with E-state index in [1.165, 1.54) is 19.9 Å². The van der Waals surface area contributed by atoms with Crippen LogP contribution in [0, 0.1) is 11.6 Å². The number of hydrogen-bond donors (Lipinski definition) is 1. The van der Waals surface area contributed by atoms with Crippen molar-refractivity contribution in [1.82, 2.24) is 10.3 Å². The molecule has 0 amide bonds. The van der Waals surface area contributed by atoms with Crippen molar-refractivity contribution in [2.45, 2.75) is 37.8 Å². The standard InChI is InChI=1S/C21H17ClF4N2O2S/c1-19(2)21(25,26)20(3,28-17(31)9-29-19)12-7-11(13(23)8-14(12)24)18-27-15-5-4-10(22)6-16(15)30-18/h4-8H,9H2,1-3H3,(H,28,31)/t20-/m1/s1. The van der Waals surface area contributed by atoms with Crippen LogP contribution in [-0.4, -0.2) is 28.1 Å². The summed E-state index contributed by atoms with van der Waals surface area (Å²) in [6.07, 6.45) is 0. The molecule has 1 saturated heterocycles. The molecule has 31 heavy (non-hydrogen) atoms. The number of oxazole rings is 1. The van der Waals surface area contributed by atoms with Crippen molar-refractivity contribution in [3.63, 3.8) is 0 Å². The highest BCUT2D eigenvalue weighted by molar-refractivity contribution is 7.80. The van der Waals surface area contributed by atoms with Crippen molar-refractivity contribution in [3.05, 3.63) is 52.6 Å². The SMILES string of the molecule is CC1(C)OCC(=S)N[C@](C)(c2cc(-c3nc4ccc(Cl)cc4o3)c(F)cc2F)C1(F)F. The number of fused-ring (bicyclic) bond motifs is 1. The first kappa shape index (κ1) is 22.0. The maximum absolute atomic E-state index is 15.6. The van der Waals surface area contributed by atoms with Gasteiger partial charge in [-0.2, -0.15) is 0 Å². The molecule has 0 unspecified atom stereocenters. The third kappa shape index (κ3) is 3.39. The molecule has 0 bridgehead atoms. The van der Waals surface area contributed by atoms with Crippen LogP contribution >= 0.6 is 23.8 Å². The summed E-state index contributed by atoms with van der Waals surface area (Å²) in [5.41, 5.74) is -4.47. The minimum absolute atomic E-state index is 0.0328. The summed E-state index contributed by atoms with van der Waals surface area (Å²) in [5, 5.41) is 2.89. The van der Waals surface area contributed by atoms with Gasteiger partial charge < -0.3 is 14.5 Å². The number of alkyl halides is 2. The number of aromatic nitrogens is 1. The summed E-state index contributed by atoms with van der Waals surface area (Å²) < 4.78 is 71.7. The minimum atomic E-state index is -3.65. The molecule has 0 saturated carbocycles. The lowest BCUT2D eigenvalue weighted by Gasteiger charge is -2.44. The fourth-order valence-corrected chi connectivity index (χ4v) is 4.10. The Labute approximate surface area is 185 Å². The maximum Gasteiger partial charge on any atom is 0.302 e. The summed E-state index contributed by atoms with van der Waals surface area (Å²) in [6.45, 7) is 3.21. The highest BCUT2D eigenvalue weighted by atomic mass is 35.5. The van der Waals surface area contributed by atoms with Crippen molar-refractivity contribution in [2.75, 3.05) is 6.61 Å². The summed E-state index contributed by atoms with van der Waals surface area (Å²) in [5.74, 6) is -6.03. The van der Waals surface area contributed by atoms with Crippen molar-refractivity contribution in [3.8, 4) is 11.5 Å². The van der Waals surface area contributed by atoms with Gasteiger partial charge in [-0.05, 0) is 39.0 Å². The van der Waals surface area contributed by atoms with Crippen LogP contribution < -0.4 is 5.32 Å². The van der Waals surface area contributed by atoms with Crippen molar-refractivity contribution < 1.29 is 26.7 Å². The lowest BCUT2D eigenvalue weighted by Crippen LogP contribution is -2.62. The molecule has 2 heterocycles. The normalized spacial score (nSPS) is 22.9. The summed E-state index contributed by atoms with van der Waals surface area (Å²) >= 11 is 11.0. The average molecular weight is 473 g/mol. The molecule has 1 aliphatic heterocycles. The van der Waals surface area contributed by atoms with E-state index >= 15 is 8.78 Å². The molecule has 10 heteroatoms. The first-order valence-corrected chi connectivity index (χ1v) is 10.0. The van der Waals surface area contributed by atoms with Crippen LogP contribution in [0.15, 0.2) is 34.7 Å². The predicted octanol–water partition coefficient (Wildman–Crippen LogP) is 6.00. The van der Waals surface area contributed by atoms with Crippen LogP contribution in [0.2, 0.25) is 5.02 Å². The Morgan fingerprint density at radius 1 is 1.10 bits per heavy atom. The zero-order valence-electron chi connectivity index (χ0n) is 16.7. The van der Waals surface area contributed by atoms with E-state index in [2.05, 4.69) is 10.3 Å². The van der Waals surface area contributed by atoms with Gasteiger partial charge in [0.15, 0.2) is 5.58 Å². The molecule has 4 rings (SSSR count). The van der Waals surface area contributed by atoms with Crippen molar-refractivity contribution in [2.24, 2.45) is 0 Å². The molecule has 1 fully saturated rings. The van der Waals surface area contributed by atoms with Gasteiger partial charge in [0.25, 0.3) is 0 Å². The van der Waals surface area contributed by atoms with Gasteiger partial charge in [0.05, 0.1) is 12.2 Å². The number of hydrogen-bond acceptors (Lipinski definition) is 4. The van der Waals surface area contributed by atoms with E-state index in [-0.39, 0.29) is 28.6 Å². The second-order valence-electron chi connectivity index (χ2n) is 7.99. The van der Waals surface area contributed by atoms with Crippen LogP contribution in [0.4, 0.5) is 17.6 Å². The predicted molar refractivity (Wildman–Crippen MR) is 112 cm³/mol. The number of benzene rings is 2. The second-order valence-corrected chi connectivity index (χ2v) is 8.92. The van der Waals surface area contributed by atoms with Gasteiger partial charge in [-0.15, -0.1) is 0 Å². The Morgan fingerprint density at radius 2 is 1.81 bits per heavy atom. The van der Waals surface area contributed by atoms with Gasteiger partial charge in [0.2, 0.25) is 5.89 Å². The number of ether oxygens (including phenoxy) is 1. The molecule has 4 nitrogen and oxygen atoms in total. The molecule has 1 N–H and O–H groups in total. The van der Waals surface area contributed by atoms with Gasteiger partial charge >= 0.3 is 5.92 Å². The molecule has 0 aliphatic carbocycles. The van der Waals surface area contributed by atoms with E-state index in [0.29, 0.717) is 16.6 Å². The van der Waals surface area contributed by atoms with E-state index in [1.807, 2.05) is 0 Å². The van der Waals surface area contributed by atoms with Crippen LogP contribution in [0.25, 0.3) is 22.6 Å². The summed E-state index contributed by atoms with van der Waals surface area (Å²) in [6, 6.07) is 6.10. The van der Waals surface area contributed by atoms with Crippen LogP contribution in [0.5, 0.6) is 0 Å². The third-order valence-corrected chi connectivity index (χ3v) is 5.97. The summed E-state index contributed by atoms with van der Waals surface area (Å²) in [4.78, 5) is 4.14. The van der Waals surface area contributed by atoms with Gasteiger partial charge in [-0.3, -0.25) is 0 Å². The zero-order valence-corrected chi connectivity index (χ0v) is 18.2.